The first-order valence-electron chi connectivity index (χ1n) is 6.49. The van der Waals surface area contributed by atoms with Gasteiger partial charge in [0, 0.05) is 27.3 Å². The van der Waals surface area contributed by atoms with Crippen LogP contribution in [0.3, 0.4) is 0 Å². The number of hydrogen-bond acceptors (Lipinski definition) is 4. The average molecular weight is 268 g/mol. The molecule has 2 atom stereocenters. The van der Waals surface area contributed by atoms with Crippen molar-refractivity contribution in [2.24, 2.45) is 5.73 Å². The maximum Gasteiger partial charge on any atom is 0.146 e. The smallest absolute Gasteiger partial charge is 0.146 e. The molecule has 4 nitrogen and oxygen atoms in total. The number of para-hydroxylation sites is 1. The molecule has 2 rings (SSSR count). The van der Waals surface area contributed by atoms with Crippen molar-refractivity contribution < 1.29 is 13.9 Å². The zero-order valence-corrected chi connectivity index (χ0v) is 11.4. The number of methoxy groups -OCH3 is 2. The Morgan fingerprint density at radius 2 is 1.89 bits per heavy atom. The first-order valence-corrected chi connectivity index (χ1v) is 6.49. The Morgan fingerprint density at radius 3 is 2.42 bits per heavy atom. The molecular weight excluding hydrogens is 247 g/mol. The van der Waals surface area contributed by atoms with Gasteiger partial charge in [-0.05, 0) is 24.6 Å². The van der Waals surface area contributed by atoms with Gasteiger partial charge in [-0.15, -0.1) is 0 Å². The minimum atomic E-state index is -0.211. The van der Waals surface area contributed by atoms with E-state index in [0.29, 0.717) is 31.7 Å². The Labute approximate surface area is 113 Å². The van der Waals surface area contributed by atoms with Gasteiger partial charge >= 0.3 is 0 Å². The molecule has 1 aromatic rings. The molecule has 0 saturated carbocycles. The summed E-state index contributed by atoms with van der Waals surface area (Å²) in [5.41, 5.74) is 7.17. The van der Waals surface area contributed by atoms with Gasteiger partial charge in [0.25, 0.3) is 0 Å². The van der Waals surface area contributed by atoms with Gasteiger partial charge < -0.3 is 20.1 Å². The SMILES string of the molecule is COC1CN(c2c(F)cccc2CCN)CC1OC. The summed E-state index contributed by atoms with van der Waals surface area (Å²) in [7, 11) is 3.31. The zero-order valence-electron chi connectivity index (χ0n) is 11.4. The Morgan fingerprint density at radius 1 is 1.26 bits per heavy atom. The lowest BCUT2D eigenvalue weighted by Crippen LogP contribution is -2.27. The van der Waals surface area contributed by atoms with E-state index in [4.69, 9.17) is 15.2 Å². The van der Waals surface area contributed by atoms with Crippen LogP contribution < -0.4 is 10.6 Å². The van der Waals surface area contributed by atoms with Gasteiger partial charge in [0.05, 0.1) is 5.69 Å². The van der Waals surface area contributed by atoms with Crippen LogP contribution in [-0.2, 0) is 15.9 Å². The predicted molar refractivity (Wildman–Crippen MR) is 73.0 cm³/mol. The normalized spacial score (nSPS) is 23.1. The molecule has 1 aliphatic rings. The second kappa shape index (κ2) is 6.32. The molecule has 5 heteroatoms. The third-order valence-electron chi connectivity index (χ3n) is 3.62. The molecule has 106 valence electrons. The molecule has 0 amide bonds. The Hall–Kier alpha value is -1.17. The molecule has 0 radical (unpaired) electrons. The Balaban J connectivity index is 2.27. The molecule has 0 bridgehead atoms. The highest BCUT2D eigenvalue weighted by Crippen LogP contribution is 2.29. The zero-order chi connectivity index (χ0) is 13.8. The van der Waals surface area contributed by atoms with Gasteiger partial charge in [-0.2, -0.15) is 0 Å². The van der Waals surface area contributed by atoms with Crippen molar-refractivity contribution in [3.63, 3.8) is 0 Å². The van der Waals surface area contributed by atoms with Crippen LogP contribution in [0.2, 0.25) is 0 Å². The van der Waals surface area contributed by atoms with Crippen molar-refractivity contribution in [1.82, 2.24) is 0 Å². The first-order chi connectivity index (χ1) is 9.21. The topological polar surface area (TPSA) is 47.7 Å². The lowest BCUT2D eigenvalue weighted by Gasteiger charge is -2.22. The first kappa shape index (κ1) is 14.2. The number of anilines is 1. The van der Waals surface area contributed by atoms with Gasteiger partial charge in [0.1, 0.15) is 18.0 Å². The predicted octanol–water partition coefficient (Wildman–Crippen LogP) is 1.18. The molecule has 1 fully saturated rings. The Bertz CT molecular complexity index is 416. The van der Waals surface area contributed by atoms with E-state index in [0.717, 1.165) is 5.56 Å². The lowest BCUT2D eigenvalue weighted by atomic mass is 10.1. The quantitative estimate of drug-likeness (QED) is 0.871. The highest BCUT2D eigenvalue weighted by Gasteiger charge is 2.34. The molecule has 19 heavy (non-hydrogen) atoms. The van der Waals surface area contributed by atoms with Gasteiger partial charge in [0.15, 0.2) is 0 Å². The van der Waals surface area contributed by atoms with Crippen molar-refractivity contribution in [3.8, 4) is 0 Å². The minimum absolute atomic E-state index is 0.0321. The fourth-order valence-electron chi connectivity index (χ4n) is 2.65. The van der Waals surface area contributed by atoms with Crippen LogP contribution in [0.25, 0.3) is 0 Å². The minimum Gasteiger partial charge on any atom is -0.377 e. The van der Waals surface area contributed by atoms with E-state index in [1.54, 1.807) is 20.3 Å². The standard InChI is InChI=1S/C14H21FN2O2/c1-18-12-8-17(9-13(12)19-2)14-10(6-7-16)4-3-5-11(14)15/h3-5,12-13H,6-9,16H2,1-2H3. The number of nitrogens with two attached hydrogens (primary N) is 1. The van der Waals surface area contributed by atoms with E-state index < -0.39 is 0 Å². The fraction of sp³-hybridized carbons (Fsp3) is 0.571. The second-order valence-electron chi connectivity index (χ2n) is 4.74. The average Bonchev–Trinajstić information content (AvgIpc) is 2.82. The summed E-state index contributed by atoms with van der Waals surface area (Å²) in [4.78, 5) is 1.99. The van der Waals surface area contributed by atoms with Crippen LogP contribution in [0.4, 0.5) is 10.1 Å². The van der Waals surface area contributed by atoms with Crippen LogP contribution in [0.1, 0.15) is 5.56 Å². The lowest BCUT2D eigenvalue weighted by molar-refractivity contribution is -0.00461. The number of benzene rings is 1. The summed E-state index contributed by atoms with van der Waals surface area (Å²) in [6.45, 7) is 1.77. The second-order valence-corrected chi connectivity index (χ2v) is 4.74. The number of nitrogens with zero attached hydrogens (tertiary/aromatic N) is 1. The summed E-state index contributed by atoms with van der Waals surface area (Å²) >= 11 is 0. The molecule has 2 N–H and O–H groups in total. The van der Waals surface area contributed by atoms with Crippen molar-refractivity contribution in [2.75, 3.05) is 38.8 Å². The highest BCUT2D eigenvalue weighted by atomic mass is 19.1. The summed E-state index contributed by atoms with van der Waals surface area (Å²) in [5.74, 6) is -0.211. The highest BCUT2D eigenvalue weighted by molar-refractivity contribution is 5.56. The number of halogens is 1. The largest absolute Gasteiger partial charge is 0.377 e. The summed E-state index contributed by atoms with van der Waals surface area (Å²) in [6.07, 6.45) is 0.601. The monoisotopic (exact) mass is 268 g/mol. The van der Waals surface area contributed by atoms with Gasteiger partial charge in [-0.3, -0.25) is 0 Å². The van der Waals surface area contributed by atoms with Crippen molar-refractivity contribution in [3.05, 3.63) is 29.6 Å². The molecule has 1 aromatic carbocycles. The van der Waals surface area contributed by atoms with Gasteiger partial charge in [-0.25, -0.2) is 4.39 Å². The summed E-state index contributed by atoms with van der Waals surface area (Å²) < 4.78 is 24.9. The van der Waals surface area contributed by atoms with Crippen molar-refractivity contribution in [1.29, 1.82) is 0 Å². The number of ether oxygens (including phenoxy) is 2. The van der Waals surface area contributed by atoms with Crippen LogP contribution in [0.5, 0.6) is 0 Å². The molecule has 1 saturated heterocycles. The van der Waals surface area contributed by atoms with E-state index in [1.165, 1.54) is 6.07 Å². The molecule has 1 heterocycles. The van der Waals surface area contributed by atoms with E-state index in [9.17, 15) is 4.39 Å². The van der Waals surface area contributed by atoms with E-state index in [-0.39, 0.29) is 18.0 Å². The number of rotatable bonds is 5. The van der Waals surface area contributed by atoms with Gasteiger partial charge in [0.2, 0.25) is 0 Å². The molecule has 0 aliphatic carbocycles. The third-order valence-corrected chi connectivity index (χ3v) is 3.62. The van der Waals surface area contributed by atoms with Gasteiger partial charge in [-0.1, -0.05) is 12.1 Å². The van der Waals surface area contributed by atoms with E-state index in [1.807, 2.05) is 11.0 Å². The van der Waals surface area contributed by atoms with E-state index in [2.05, 4.69) is 0 Å². The van der Waals surface area contributed by atoms with Crippen molar-refractivity contribution >= 4 is 5.69 Å². The third kappa shape index (κ3) is 2.88. The Kier molecular flexibility index (Phi) is 4.74. The maximum absolute atomic E-state index is 14.1. The number of hydrogen-bond donors (Lipinski definition) is 1. The molecule has 0 aromatic heterocycles. The van der Waals surface area contributed by atoms with E-state index >= 15 is 0 Å². The summed E-state index contributed by atoms with van der Waals surface area (Å²) in [6, 6.07) is 5.13. The fourth-order valence-corrected chi connectivity index (χ4v) is 2.65. The molecule has 2 unspecified atom stereocenters. The van der Waals surface area contributed by atoms with Crippen LogP contribution in [-0.4, -0.2) is 46.1 Å². The molecule has 0 spiro atoms. The van der Waals surface area contributed by atoms with Crippen LogP contribution in [0.15, 0.2) is 18.2 Å². The maximum atomic E-state index is 14.1. The summed E-state index contributed by atoms with van der Waals surface area (Å²) in [5, 5.41) is 0. The molecule has 1 aliphatic heterocycles. The molecular formula is C14H21FN2O2. The van der Waals surface area contributed by atoms with Crippen LogP contribution in [0, 0.1) is 5.82 Å². The van der Waals surface area contributed by atoms with Crippen molar-refractivity contribution in [2.45, 2.75) is 18.6 Å². The van der Waals surface area contributed by atoms with Crippen LogP contribution >= 0.6 is 0 Å².